The fourth-order valence-electron chi connectivity index (χ4n) is 3.07. The molecule has 0 spiro atoms. The Kier molecular flexibility index (Phi) is 5.83. The van der Waals surface area contributed by atoms with Gasteiger partial charge >= 0.3 is 136 Å². The molecule has 1 heterocycles. The molecule has 2 aliphatic rings. The van der Waals surface area contributed by atoms with Crippen molar-refractivity contribution in [1.29, 1.82) is 0 Å². The number of aromatic nitrogens is 3. The van der Waals surface area contributed by atoms with E-state index < -0.39 is 23.2 Å². The van der Waals surface area contributed by atoms with Crippen LogP contribution in [0.15, 0.2) is 64.0 Å². The topological polar surface area (TPSA) is 30.7 Å². The van der Waals surface area contributed by atoms with E-state index in [1.54, 1.807) is 3.28 Å². The third-order valence-corrected chi connectivity index (χ3v) is 9.06. The molecule has 6 heteroatoms. The van der Waals surface area contributed by atoms with Gasteiger partial charge in [0.1, 0.15) is 0 Å². The molecular weight excluding hydrogens is 408 g/mol. The second kappa shape index (κ2) is 7.29. The average molecular weight is 423 g/mol. The largest absolute Gasteiger partial charge is 1.00 e. The number of allylic oxidation sites excluding steroid dienone is 5. The maximum absolute atomic E-state index is 4.05. The van der Waals surface area contributed by atoms with Gasteiger partial charge in [0.25, 0.3) is 0 Å². The van der Waals surface area contributed by atoms with Gasteiger partial charge in [0.15, 0.2) is 0 Å². The monoisotopic (exact) mass is 421 g/mol. The molecule has 0 saturated heterocycles. The van der Waals surface area contributed by atoms with Crippen LogP contribution in [-0.2, 0) is 26.5 Å². The number of hydrogen-bond donors (Lipinski definition) is 0. The normalized spacial score (nSPS) is 20.7. The smallest absolute Gasteiger partial charge is 1.00 e. The van der Waals surface area contributed by atoms with Gasteiger partial charge in [0.2, 0.25) is 0 Å². The Bertz CT molecular complexity index is 781. The van der Waals surface area contributed by atoms with Crippen LogP contribution in [-0.4, -0.2) is 14.8 Å². The average Bonchev–Trinajstić information content (AvgIpc) is 3.22. The molecule has 0 aliphatic heterocycles. The van der Waals surface area contributed by atoms with E-state index in [2.05, 4.69) is 70.3 Å². The second-order valence-corrected chi connectivity index (χ2v) is 9.42. The van der Waals surface area contributed by atoms with Gasteiger partial charge in [0, 0.05) is 0 Å². The van der Waals surface area contributed by atoms with Gasteiger partial charge in [0.05, 0.1) is 0 Å². The first-order valence-electron chi connectivity index (χ1n) is 7.08. The SMILES string of the molecule is CC1=[C]([Zr+2][C]2(n3cnnc3)C=Cc3ccccc32)CC=C1.[Cl-].[Cl-]. The zero-order valence-corrected chi connectivity index (χ0v) is 16.5. The summed E-state index contributed by atoms with van der Waals surface area (Å²) in [5.41, 5.74) is 4.20. The molecule has 2 aromatic rings. The van der Waals surface area contributed by atoms with Crippen LogP contribution in [0.25, 0.3) is 6.08 Å². The van der Waals surface area contributed by atoms with E-state index in [0.29, 0.717) is 0 Å². The summed E-state index contributed by atoms with van der Waals surface area (Å²) in [5.74, 6) is 0. The molecule has 0 radical (unpaired) electrons. The standard InChI is InChI=1S/C11H8N3.C6H7.2ClH.Zr/c1-2-4-10-9(3-1)5-6-11(10)14-7-12-13-8-14;1-6-4-2-3-5-6;;;/h1-8H;2,4H,3H2,1H3;2*1H;/q;;;;+2/p-2. The summed E-state index contributed by atoms with van der Waals surface area (Å²) in [6, 6.07) is 8.70. The van der Waals surface area contributed by atoms with Gasteiger partial charge in [-0.05, 0) is 0 Å². The van der Waals surface area contributed by atoms with Crippen LogP contribution in [0.3, 0.4) is 0 Å². The van der Waals surface area contributed by atoms with Crippen molar-refractivity contribution in [2.75, 3.05) is 0 Å². The van der Waals surface area contributed by atoms with Gasteiger partial charge < -0.3 is 24.8 Å². The molecule has 1 aromatic carbocycles. The summed E-state index contributed by atoms with van der Waals surface area (Å²) in [7, 11) is 0. The zero-order valence-electron chi connectivity index (χ0n) is 12.6. The van der Waals surface area contributed by atoms with Crippen molar-refractivity contribution >= 4 is 6.08 Å². The van der Waals surface area contributed by atoms with Crippen molar-refractivity contribution in [3.63, 3.8) is 0 Å². The summed E-state index contributed by atoms with van der Waals surface area (Å²) in [5, 5.41) is 8.11. The first-order chi connectivity index (χ1) is 10.3. The van der Waals surface area contributed by atoms with Gasteiger partial charge in [-0.25, -0.2) is 0 Å². The Morgan fingerprint density at radius 3 is 2.52 bits per heavy atom. The van der Waals surface area contributed by atoms with E-state index in [4.69, 9.17) is 0 Å². The van der Waals surface area contributed by atoms with Crippen molar-refractivity contribution < 1.29 is 48.0 Å². The molecule has 0 fully saturated rings. The Labute approximate surface area is 160 Å². The molecule has 0 N–H and O–H groups in total. The van der Waals surface area contributed by atoms with Crippen molar-refractivity contribution in [2.24, 2.45) is 0 Å². The van der Waals surface area contributed by atoms with Crippen LogP contribution in [0, 0.1) is 0 Å². The predicted molar refractivity (Wildman–Crippen MR) is 79.0 cm³/mol. The molecule has 0 bridgehead atoms. The molecule has 4 rings (SSSR count). The van der Waals surface area contributed by atoms with Crippen molar-refractivity contribution in [2.45, 2.75) is 16.6 Å². The van der Waals surface area contributed by atoms with E-state index in [0.717, 1.165) is 6.42 Å². The van der Waals surface area contributed by atoms with E-state index in [9.17, 15) is 0 Å². The van der Waals surface area contributed by atoms with Crippen LogP contribution < -0.4 is 24.8 Å². The number of hydrogen-bond acceptors (Lipinski definition) is 2. The maximum atomic E-state index is 4.05. The number of fused-ring (bicyclic) bond motifs is 1. The first kappa shape index (κ1) is 18.4. The molecule has 0 amide bonds. The van der Waals surface area contributed by atoms with E-state index in [-0.39, 0.29) is 28.1 Å². The zero-order chi connectivity index (χ0) is 14.3. The number of nitrogens with zero attached hydrogens (tertiary/aromatic N) is 3. The van der Waals surface area contributed by atoms with Gasteiger partial charge in [-0.1, -0.05) is 0 Å². The van der Waals surface area contributed by atoms with Gasteiger partial charge in [-0.15, -0.1) is 0 Å². The fraction of sp³-hybridized carbons (Fsp3) is 0.176. The quantitative estimate of drug-likeness (QED) is 0.540. The third kappa shape index (κ3) is 3.05. The minimum atomic E-state index is -0.896. The van der Waals surface area contributed by atoms with Crippen LogP contribution in [0.5, 0.6) is 0 Å². The summed E-state index contributed by atoms with van der Waals surface area (Å²) in [6.45, 7) is 2.24. The summed E-state index contributed by atoms with van der Waals surface area (Å²) < 4.78 is 3.85. The molecular formula is C17H15Cl2N3Zr. The Morgan fingerprint density at radius 1 is 1.09 bits per heavy atom. The molecule has 3 nitrogen and oxygen atoms in total. The molecule has 116 valence electrons. The molecule has 1 unspecified atom stereocenters. The Balaban J connectivity index is 0.000000960. The van der Waals surface area contributed by atoms with Crippen LogP contribution in [0.2, 0.25) is 0 Å². The molecule has 1 atom stereocenters. The van der Waals surface area contributed by atoms with Crippen LogP contribution in [0.4, 0.5) is 0 Å². The predicted octanol–water partition coefficient (Wildman–Crippen LogP) is -2.67. The van der Waals surface area contributed by atoms with Crippen molar-refractivity contribution in [3.8, 4) is 0 Å². The van der Waals surface area contributed by atoms with Crippen LogP contribution in [0.1, 0.15) is 24.5 Å². The molecule has 23 heavy (non-hydrogen) atoms. The summed E-state index contributed by atoms with van der Waals surface area (Å²) >= 11 is -0.896. The van der Waals surface area contributed by atoms with Crippen molar-refractivity contribution in [3.05, 3.63) is 75.1 Å². The van der Waals surface area contributed by atoms with E-state index in [1.165, 1.54) is 16.7 Å². The summed E-state index contributed by atoms with van der Waals surface area (Å²) in [4.78, 5) is 0. The van der Waals surface area contributed by atoms with E-state index in [1.807, 2.05) is 12.7 Å². The maximum Gasteiger partial charge on any atom is -1.00 e. The molecule has 1 aromatic heterocycles. The van der Waals surface area contributed by atoms with Crippen molar-refractivity contribution in [1.82, 2.24) is 14.8 Å². The Morgan fingerprint density at radius 2 is 1.83 bits per heavy atom. The molecule has 2 aliphatic carbocycles. The number of halogens is 2. The van der Waals surface area contributed by atoms with Crippen LogP contribution >= 0.6 is 0 Å². The number of rotatable bonds is 3. The Hall–Kier alpha value is -0.957. The third-order valence-electron chi connectivity index (χ3n) is 4.21. The van der Waals surface area contributed by atoms with Gasteiger partial charge in [-0.2, -0.15) is 0 Å². The first-order valence-corrected chi connectivity index (χ1v) is 9.54. The fourth-order valence-corrected chi connectivity index (χ4v) is 7.33. The second-order valence-electron chi connectivity index (χ2n) is 5.45. The summed E-state index contributed by atoms with van der Waals surface area (Å²) in [6.07, 6.45) is 14.0. The molecule has 0 saturated carbocycles. The minimum Gasteiger partial charge on any atom is -1.00 e. The van der Waals surface area contributed by atoms with E-state index >= 15 is 0 Å². The minimum absolute atomic E-state index is 0. The van der Waals surface area contributed by atoms with Gasteiger partial charge in [-0.3, -0.25) is 0 Å². The number of benzene rings is 1.